The van der Waals surface area contributed by atoms with Crippen LogP contribution in [0.15, 0.2) is 24.3 Å². The average molecular weight is 809 g/mol. The summed E-state index contributed by atoms with van der Waals surface area (Å²) in [7, 11) is 0. The molecule has 2 atom stereocenters. The average Bonchev–Trinajstić information content (AvgIpc) is 3.86. The van der Waals surface area contributed by atoms with Crippen molar-refractivity contribution in [2.75, 3.05) is 44.2 Å². The summed E-state index contributed by atoms with van der Waals surface area (Å²) in [6.07, 6.45) is -3.46. The van der Waals surface area contributed by atoms with Crippen LogP contribution in [0.1, 0.15) is 44.1 Å². The highest BCUT2D eigenvalue weighted by Gasteiger charge is 2.52. The Balaban J connectivity index is 1.28. The minimum atomic E-state index is -5.44. The molecule has 4 aliphatic rings. The number of rotatable bonds is 8. The minimum Gasteiger partial charge on any atom is -0.508 e. The zero-order valence-electron chi connectivity index (χ0n) is 29.9. The van der Waals surface area contributed by atoms with Gasteiger partial charge in [-0.05, 0) is 62.1 Å². The van der Waals surface area contributed by atoms with Gasteiger partial charge in [0, 0.05) is 49.1 Å². The van der Waals surface area contributed by atoms with Crippen molar-refractivity contribution in [2.24, 2.45) is 5.41 Å². The molecule has 0 spiro atoms. The maximum Gasteiger partial charge on any atom is 0.574 e. The molecule has 2 aromatic carbocycles. The molecule has 302 valence electrons. The van der Waals surface area contributed by atoms with Gasteiger partial charge in [-0.2, -0.15) is 23.1 Å². The smallest absolute Gasteiger partial charge is 0.508 e. The first kappa shape index (κ1) is 38.6. The number of pyridine rings is 1. The van der Waals surface area contributed by atoms with Crippen molar-refractivity contribution in [1.29, 1.82) is 0 Å². The number of likely N-dealkylation sites (tertiary alicyclic amines) is 1. The van der Waals surface area contributed by atoms with E-state index >= 15 is 8.78 Å². The van der Waals surface area contributed by atoms with Gasteiger partial charge in [-0.25, -0.2) is 18.2 Å². The van der Waals surface area contributed by atoms with Crippen LogP contribution >= 0.6 is 0 Å². The van der Waals surface area contributed by atoms with Crippen molar-refractivity contribution < 1.29 is 58.9 Å². The van der Waals surface area contributed by atoms with E-state index in [9.17, 15) is 40.6 Å². The van der Waals surface area contributed by atoms with Crippen molar-refractivity contribution in [3.8, 4) is 41.2 Å². The predicted molar refractivity (Wildman–Crippen MR) is 186 cm³/mol. The van der Waals surface area contributed by atoms with Crippen molar-refractivity contribution >= 4 is 33.4 Å². The predicted octanol–water partition coefficient (Wildman–Crippen LogP) is 7.04. The van der Waals surface area contributed by atoms with Crippen molar-refractivity contribution in [3.05, 3.63) is 41.5 Å². The Labute approximate surface area is 318 Å². The maximum absolute atomic E-state index is 17.2. The molecule has 2 bridgehead atoms. The molecule has 4 aromatic rings. The summed E-state index contributed by atoms with van der Waals surface area (Å²) in [5.41, 5.74) is -2.88. The number of ether oxygens (including phenoxy) is 2. The van der Waals surface area contributed by atoms with Crippen LogP contribution in [0.3, 0.4) is 0 Å². The third kappa shape index (κ3) is 7.39. The van der Waals surface area contributed by atoms with E-state index in [-0.39, 0.29) is 43.3 Å². The number of benzene rings is 2. The summed E-state index contributed by atoms with van der Waals surface area (Å²) >= 11 is 0. The number of aromatic hydroxyl groups is 1. The molecule has 0 unspecified atom stereocenters. The molecule has 1 saturated carbocycles. The molecule has 1 aliphatic carbocycles. The van der Waals surface area contributed by atoms with Crippen LogP contribution < -0.4 is 14.4 Å². The van der Waals surface area contributed by atoms with E-state index in [1.165, 1.54) is 17.0 Å². The number of anilines is 1. The Bertz CT molecular complexity index is 2290. The number of aromatic nitrogens is 3. The number of hydrogen-bond acceptors (Lipinski definition) is 9. The van der Waals surface area contributed by atoms with Crippen molar-refractivity contribution in [1.82, 2.24) is 24.8 Å². The second-order valence-corrected chi connectivity index (χ2v) is 15.1. The molecule has 10 nitrogen and oxygen atoms in total. The van der Waals surface area contributed by atoms with Gasteiger partial charge in [-0.1, -0.05) is 12.0 Å². The number of halogens is 9. The molecular formula is C38H33F9N6O4. The summed E-state index contributed by atoms with van der Waals surface area (Å²) < 4.78 is 140. The molecule has 0 radical (unpaired) electrons. The van der Waals surface area contributed by atoms with E-state index in [4.69, 9.17) is 11.2 Å². The van der Waals surface area contributed by atoms with Gasteiger partial charge in [0.15, 0.2) is 5.82 Å². The number of hydrogen-bond donors (Lipinski definition) is 1. The van der Waals surface area contributed by atoms with Crippen LogP contribution in [0.25, 0.3) is 32.9 Å². The number of phenols is 1. The molecule has 5 heterocycles. The minimum absolute atomic E-state index is 0.0138. The number of piperazine rings is 1. The number of terminal acetylenes is 1. The SMILES string of the molecule is C#Cc1c(F)ccc2cc(O)cc(-c3nc(OC(F)(F)F)c4c(N5C[C@H]6CC[C@@H](C5)N6C(=O)C(F)(F)F)nc(OCC5(CN6CCC(F)CC6)CC5)nc4c3F)c12. The lowest BCUT2D eigenvalue weighted by Crippen LogP contribution is -2.59. The summed E-state index contributed by atoms with van der Waals surface area (Å²) in [4.78, 5) is 29.1. The van der Waals surface area contributed by atoms with Crippen molar-refractivity contribution in [3.63, 3.8) is 0 Å². The second-order valence-electron chi connectivity index (χ2n) is 15.1. The van der Waals surface area contributed by atoms with Gasteiger partial charge in [-0.3, -0.25) is 4.79 Å². The van der Waals surface area contributed by atoms with Gasteiger partial charge in [-0.15, -0.1) is 19.6 Å². The number of phenolic OH excluding ortho intramolecular Hbond substituents is 1. The van der Waals surface area contributed by atoms with Crippen LogP contribution in [0.4, 0.5) is 45.3 Å². The molecular weight excluding hydrogens is 775 g/mol. The normalized spacial score (nSPS) is 21.3. The van der Waals surface area contributed by atoms with Crippen LogP contribution in [0.5, 0.6) is 17.6 Å². The van der Waals surface area contributed by atoms with Crippen LogP contribution in [-0.2, 0) is 4.79 Å². The van der Waals surface area contributed by atoms with Gasteiger partial charge in [0.05, 0.1) is 24.3 Å². The molecule has 3 aliphatic heterocycles. The lowest BCUT2D eigenvalue weighted by atomic mass is 9.95. The molecule has 1 N–H and O–H groups in total. The van der Waals surface area contributed by atoms with E-state index in [0.29, 0.717) is 50.2 Å². The molecule has 57 heavy (non-hydrogen) atoms. The highest BCUT2D eigenvalue weighted by atomic mass is 19.4. The quantitative estimate of drug-likeness (QED) is 0.148. The molecule has 1 amide bonds. The zero-order valence-corrected chi connectivity index (χ0v) is 29.9. The molecule has 4 fully saturated rings. The van der Waals surface area contributed by atoms with Gasteiger partial charge >= 0.3 is 24.5 Å². The van der Waals surface area contributed by atoms with Gasteiger partial charge in [0.25, 0.3) is 0 Å². The number of nitrogens with zero attached hydrogens (tertiary/aromatic N) is 6. The van der Waals surface area contributed by atoms with E-state index in [1.807, 2.05) is 0 Å². The number of carbonyl (C=O) groups is 1. The zero-order chi connectivity index (χ0) is 40.6. The third-order valence-corrected chi connectivity index (χ3v) is 11.2. The first-order chi connectivity index (χ1) is 26.9. The molecule has 3 saturated heterocycles. The van der Waals surface area contributed by atoms with Crippen molar-refractivity contribution in [2.45, 2.75) is 69.3 Å². The Hall–Kier alpha value is -5.25. The lowest BCUT2D eigenvalue weighted by molar-refractivity contribution is -0.275. The highest BCUT2D eigenvalue weighted by molar-refractivity contribution is 6.04. The molecule has 19 heteroatoms. The number of amides is 1. The lowest BCUT2D eigenvalue weighted by Gasteiger charge is -2.42. The van der Waals surface area contributed by atoms with E-state index < -0.39 is 105 Å². The first-order valence-electron chi connectivity index (χ1n) is 18.2. The standard InChI is InChI=1S/C38H33F9N6O4/c1-2-24-26(40)6-3-19-13-23(54)14-25(27(19)24)30-29(41)31-28(33(48-30)57-38(45,46)47)32(52-15-21-4-5-22(16-52)53(21)34(55)37(42,43)44)50-35(49-31)56-18-36(9-10-36)17-51-11-7-20(39)8-12-51/h1,3,6,13-14,20-22,54H,4-5,7-12,15-18H2/t21-,22+. The van der Waals surface area contributed by atoms with Crippen LogP contribution in [0, 0.1) is 29.4 Å². The summed E-state index contributed by atoms with van der Waals surface area (Å²) in [5, 5.41) is 9.81. The van der Waals surface area contributed by atoms with Gasteiger partial charge < -0.3 is 29.3 Å². The third-order valence-electron chi connectivity index (χ3n) is 11.2. The fraction of sp³-hybridized carbons (Fsp3) is 0.474. The molecule has 8 rings (SSSR count). The fourth-order valence-corrected chi connectivity index (χ4v) is 8.34. The number of piperidine rings is 1. The monoisotopic (exact) mass is 808 g/mol. The van der Waals surface area contributed by atoms with E-state index in [2.05, 4.69) is 30.5 Å². The Morgan fingerprint density at radius 3 is 2.26 bits per heavy atom. The molecule has 2 aromatic heterocycles. The number of fused-ring (bicyclic) bond motifs is 4. The first-order valence-corrected chi connectivity index (χ1v) is 18.2. The van der Waals surface area contributed by atoms with Gasteiger partial charge in [0.2, 0.25) is 5.88 Å². The van der Waals surface area contributed by atoms with Crippen LogP contribution in [0.2, 0.25) is 0 Å². The summed E-state index contributed by atoms with van der Waals surface area (Å²) in [6.45, 7) is 0.916. The Morgan fingerprint density at radius 2 is 1.65 bits per heavy atom. The van der Waals surface area contributed by atoms with E-state index in [0.717, 1.165) is 12.1 Å². The highest BCUT2D eigenvalue weighted by Crippen LogP contribution is 2.48. The largest absolute Gasteiger partial charge is 0.574 e. The Morgan fingerprint density at radius 1 is 0.965 bits per heavy atom. The summed E-state index contributed by atoms with van der Waals surface area (Å²) in [5.74, 6) is -4.36. The maximum atomic E-state index is 17.2. The van der Waals surface area contributed by atoms with Gasteiger partial charge in [0.1, 0.15) is 40.2 Å². The fourth-order valence-electron chi connectivity index (χ4n) is 8.34. The number of alkyl halides is 7. The topological polar surface area (TPSA) is 104 Å². The number of carbonyl (C=O) groups excluding carboxylic acids is 1. The van der Waals surface area contributed by atoms with Crippen LogP contribution in [-0.4, -0.2) is 106 Å². The second kappa shape index (κ2) is 14.0. The van der Waals surface area contributed by atoms with E-state index in [1.54, 1.807) is 0 Å². The Kier molecular flexibility index (Phi) is 9.48. The summed E-state index contributed by atoms with van der Waals surface area (Å²) in [6, 6.07) is 1.79.